The number of esters is 2. The molecule has 0 saturated heterocycles. The lowest BCUT2D eigenvalue weighted by atomic mass is 10.1. The number of nitrogen functional groups attached to an aromatic ring is 1. The third kappa shape index (κ3) is 9.68. The van der Waals surface area contributed by atoms with Gasteiger partial charge in [0.1, 0.15) is 23.7 Å². The van der Waals surface area contributed by atoms with Gasteiger partial charge in [0, 0.05) is 6.04 Å². The zero-order valence-electron chi connectivity index (χ0n) is 24.1. The first-order valence-corrected chi connectivity index (χ1v) is 14.7. The van der Waals surface area contributed by atoms with Crippen LogP contribution in [0.5, 0.6) is 0 Å². The number of ether oxygens (including phenoxy) is 3. The van der Waals surface area contributed by atoms with Crippen molar-refractivity contribution in [3.8, 4) is 0 Å². The van der Waals surface area contributed by atoms with E-state index in [4.69, 9.17) is 19.9 Å². The van der Waals surface area contributed by atoms with E-state index in [0.29, 0.717) is 23.3 Å². The van der Waals surface area contributed by atoms with Crippen molar-refractivity contribution in [1.82, 2.24) is 29.7 Å². The maximum absolute atomic E-state index is 14.3. The van der Waals surface area contributed by atoms with Gasteiger partial charge in [-0.25, -0.2) is 25.1 Å². The van der Waals surface area contributed by atoms with E-state index in [-0.39, 0.29) is 30.8 Å². The summed E-state index contributed by atoms with van der Waals surface area (Å²) in [5.41, 5.74) is 6.11. The Morgan fingerprint density at radius 1 is 1.13 bits per heavy atom. The van der Waals surface area contributed by atoms with Crippen LogP contribution in [0, 0.1) is 0 Å². The second kappa shape index (κ2) is 13.5. The molecule has 0 radical (unpaired) electrons. The van der Waals surface area contributed by atoms with Gasteiger partial charge in [0.2, 0.25) is 7.44 Å². The topological polar surface area (TPSA) is 173 Å². The molecule has 39 heavy (non-hydrogen) atoms. The fourth-order valence-corrected chi connectivity index (χ4v) is 6.09. The summed E-state index contributed by atoms with van der Waals surface area (Å²) in [7, 11) is -3.70. The first-order chi connectivity index (χ1) is 18.0. The van der Waals surface area contributed by atoms with Crippen LogP contribution in [0.2, 0.25) is 0 Å². The van der Waals surface area contributed by atoms with Crippen molar-refractivity contribution in [2.45, 2.75) is 98.2 Å². The highest BCUT2D eigenvalue weighted by atomic mass is 31.2. The van der Waals surface area contributed by atoms with Crippen LogP contribution in [-0.4, -0.2) is 67.7 Å². The van der Waals surface area contributed by atoms with Crippen LogP contribution in [0.25, 0.3) is 11.2 Å². The van der Waals surface area contributed by atoms with E-state index < -0.39 is 37.1 Å². The zero-order chi connectivity index (χ0) is 29.5. The van der Waals surface area contributed by atoms with E-state index in [1.165, 1.54) is 6.33 Å². The van der Waals surface area contributed by atoms with Crippen LogP contribution in [0.4, 0.5) is 5.82 Å². The first-order valence-electron chi connectivity index (χ1n) is 12.8. The van der Waals surface area contributed by atoms with Gasteiger partial charge < -0.3 is 24.5 Å². The number of nitrogens with one attached hydrogen (secondary N) is 2. The molecule has 0 spiro atoms. The smallest absolute Gasteiger partial charge is 0.326 e. The van der Waals surface area contributed by atoms with E-state index in [1.807, 2.05) is 0 Å². The number of fused-ring (bicyclic) bond motifs is 1. The van der Waals surface area contributed by atoms with Crippen molar-refractivity contribution in [3.05, 3.63) is 24.8 Å². The maximum atomic E-state index is 14.3. The summed E-state index contributed by atoms with van der Waals surface area (Å²) in [6.45, 7) is 17.9. The molecule has 1 unspecified atom stereocenters. The minimum Gasteiger partial charge on any atom is -0.463 e. The number of carbonyl (C=O) groups excluding carboxylic acids is 2. The lowest BCUT2D eigenvalue weighted by Crippen LogP contribution is -2.50. The number of anilines is 1. The monoisotopic (exact) mass is 567 g/mol. The van der Waals surface area contributed by atoms with Gasteiger partial charge in [-0.3, -0.25) is 14.2 Å². The number of rotatable bonds is 15. The molecule has 2 heterocycles. The van der Waals surface area contributed by atoms with Gasteiger partial charge >= 0.3 is 11.9 Å². The number of hydrogen-bond acceptors (Lipinski definition) is 10. The zero-order valence-corrected chi connectivity index (χ0v) is 24.9. The molecule has 0 amide bonds. The van der Waals surface area contributed by atoms with Gasteiger partial charge in [0.15, 0.2) is 11.5 Å². The maximum Gasteiger partial charge on any atom is 0.326 e. The summed E-state index contributed by atoms with van der Waals surface area (Å²) in [6, 6.07) is -0.706. The Morgan fingerprint density at radius 3 is 2.36 bits per heavy atom. The Bertz CT molecular complexity index is 1210. The van der Waals surface area contributed by atoms with Crippen molar-refractivity contribution >= 4 is 36.4 Å². The Balaban J connectivity index is 2.25. The number of nitrogens with zero attached hydrogens (tertiary/aromatic N) is 4. The highest BCUT2D eigenvalue weighted by Gasteiger charge is 2.39. The lowest BCUT2D eigenvalue weighted by molar-refractivity contribution is -0.153. The summed E-state index contributed by atoms with van der Waals surface area (Å²) in [6.07, 6.45) is 1.40. The standard InChI is InChI=1S/C25H42N7O6P/c1-15(2)19(10-20(33)37-16(3)4)30-39(35,31-25(8,9)24(34)38-17(5)6)14-36-18(7)11-32-13-29-21-22(26)27-12-28-23(21)32/h12-13,16-19H,1,10-11,14H2,2-9H3,(H2,26,27,28)(H2,30,31,35)/t18-,19+,39?/m1/s1. The van der Waals surface area contributed by atoms with Gasteiger partial charge in [-0.1, -0.05) is 12.2 Å². The molecule has 0 aliphatic heterocycles. The number of imidazole rings is 1. The van der Waals surface area contributed by atoms with Crippen molar-refractivity contribution in [3.63, 3.8) is 0 Å². The molecule has 0 fully saturated rings. The average molecular weight is 568 g/mol. The molecular weight excluding hydrogens is 525 g/mol. The SMILES string of the molecule is C=C(C)[C@H](CC(=O)OC(C)C)NP(=O)(CO[C@H](C)Cn1cnc2c(N)ncnc21)NC(C)(C)C(=O)OC(C)C. The Hall–Kier alpha value is -2.86. The molecule has 0 bridgehead atoms. The van der Waals surface area contributed by atoms with Crippen LogP contribution < -0.4 is 15.9 Å². The fourth-order valence-electron chi connectivity index (χ4n) is 3.61. The molecule has 13 nitrogen and oxygen atoms in total. The summed E-state index contributed by atoms with van der Waals surface area (Å²) in [5.74, 6) is -0.790. The number of carbonyl (C=O) groups is 2. The predicted molar refractivity (Wildman–Crippen MR) is 149 cm³/mol. The van der Waals surface area contributed by atoms with Gasteiger partial charge in [0.25, 0.3) is 0 Å². The number of hydrogen-bond donors (Lipinski definition) is 3. The van der Waals surface area contributed by atoms with Crippen molar-refractivity contribution in [2.24, 2.45) is 0 Å². The molecule has 0 aliphatic carbocycles. The highest BCUT2D eigenvalue weighted by Crippen LogP contribution is 2.41. The van der Waals surface area contributed by atoms with Crippen LogP contribution >= 0.6 is 7.44 Å². The summed E-state index contributed by atoms with van der Waals surface area (Å²) >= 11 is 0. The van der Waals surface area contributed by atoms with Crippen LogP contribution in [-0.2, 0) is 34.9 Å². The highest BCUT2D eigenvalue weighted by molar-refractivity contribution is 7.59. The normalized spacial score (nSPS) is 15.2. The molecule has 0 aromatic carbocycles. The quantitative estimate of drug-likeness (QED) is 0.163. The summed E-state index contributed by atoms with van der Waals surface area (Å²) in [5, 5.41) is 5.93. The van der Waals surface area contributed by atoms with Gasteiger partial charge in [-0.2, -0.15) is 0 Å². The van der Waals surface area contributed by atoms with E-state index in [2.05, 4.69) is 31.7 Å². The molecular formula is C25H42N7O6P. The molecule has 0 aliphatic rings. The second-order valence-electron chi connectivity index (χ2n) is 10.6. The van der Waals surface area contributed by atoms with E-state index >= 15 is 0 Å². The fraction of sp³-hybridized carbons (Fsp3) is 0.640. The molecule has 14 heteroatoms. The Morgan fingerprint density at radius 2 is 1.77 bits per heavy atom. The summed E-state index contributed by atoms with van der Waals surface area (Å²) < 4.78 is 32.7. The largest absolute Gasteiger partial charge is 0.463 e. The van der Waals surface area contributed by atoms with E-state index in [0.717, 1.165) is 0 Å². The first kappa shape index (κ1) is 32.4. The molecule has 218 valence electrons. The van der Waals surface area contributed by atoms with Crippen LogP contribution in [0.1, 0.15) is 61.8 Å². The molecule has 2 aromatic heterocycles. The van der Waals surface area contributed by atoms with Crippen molar-refractivity contribution in [2.75, 3.05) is 12.1 Å². The summed E-state index contributed by atoms with van der Waals surface area (Å²) in [4.78, 5) is 37.6. The minimum absolute atomic E-state index is 0.103. The Kier molecular flexibility index (Phi) is 11.2. The van der Waals surface area contributed by atoms with Crippen molar-refractivity contribution < 1.29 is 28.4 Å². The third-order valence-corrected chi connectivity index (χ3v) is 7.60. The van der Waals surface area contributed by atoms with E-state index in [1.54, 1.807) is 66.3 Å². The predicted octanol–water partition coefficient (Wildman–Crippen LogP) is 3.16. The van der Waals surface area contributed by atoms with Gasteiger partial charge in [0.05, 0.1) is 37.6 Å². The number of aromatic nitrogens is 4. The molecule has 0 saturated carbocycles. The minimum atomic E-state index is -3.70. The molecule has 4 N–H and O–H groups in total. The average Bonchev–Trinajstić information content (AvgIpc) is 3.20. The van der Waals surface area contributed by atoms with Crippen molar-refractivity contribution in [1.29, 1.82) is 0 Å². The number of nitrogens with two attached hydrogens (primary N) is 1. The third-order valence-electron chi connectivity index (χ3n) is 5.43. The Labute approximate surface area is 229 Å². The molecule has 2 rings (SSSR count). The van der Waals surface area contributed by atoms with Crippen LogP contribution in [0.3, 0.4) is 0 Å². The molecule has 2 aromatic rings. The molecule has 3 atom stereocenters. The van der Waals surface area contributed by atoms with Gasteiger partial charge in [-0.05, 0) is 55.4 Å². The van der Waals surface area contributed by atoms with E-state index in [9.17, 15) is 14.2 Å². The van der Waals surface area contributed by atoms with Gasteiger partial charge in [-0.15, -0.1) is 0 Å². The second-order valence-corrected chi connectivity index (χ2v) is 12.9. The lowest BCUT2D eigenvalue weighted by Gasteiger charge is -2.34. The van der Waals surface area contributed by atoms with Crippen LogP contribution in [0.15, 0.2) is 24.8 Å².